The van der Waals surface area contributed by atoms with Crippen molar-refractivity contribution in [3.8, 4) is 11.4 Å². The fourth-order valence-corrected chi connectivity index (χ4v) is 3.07. The predicted molar refractivity (Wildman–Crippen MR) is 117 cm³/mol. The lowest BCUT2D eigenvalue weighted by atomic mass is 10.1. The minimum atomic E-state index is -0.589. The summed E-state index contributed by atoms with van der Waals surface area (Å²) in [6, 6.07) is 13.8. The maximum atomic E-state index is 12.9. The van der Waals surface area contributed by atoms with Gasteiger partial charge >= 0.3 is 0 Å². The van der Waals surface area contributed by atoms with E-state index in [0.29, 0.717) is 33.4 Å². The van der Waals surface area contributed by atoms with Gasteiger partial charge in [-0.25, -0.2) is 0 Å². The van der Waals surface area contributed by atoms with Crippen LogP contribution in [0.2, 0.25) is 5.02 Å². The van der Waals surface area contributed by atoms with Gasteiger partial charge in [0.2, 0.25) is 0 Å². The van der Waals surface area contributed by atoms with E-state index in [-0.39, 0.29) is 11.8 Å². The van der Waals surface area contributed by atoms with Gasteiger partial charge in [-0.2, -0.15) is 0 Å². The molecule has 156 valence electrons. The van der Waals surface area contributed by atoms with E-state index in [4.69, 9.17) is 21.1 Å². The van der Waals surface area contributed by atoms with Crippen LogP contribution in [0.5, 0.6) is 5.75 Å². The Morgan fingerprint density at radius 1 is 1.00 bits per heavy atom. The number of benzene rings is 2. The molecule has 0 aliphatic carbocycles. The largest absolute Gasteiger partial charge is 0.496 e. The van der Waals surface area contributed by atoms with E-state index in [1.165, 1.54) is 14.2 Å². The van der Waals surface area contributed by atoms with Crippen molar-refractivity contribution in [3.05, 3.63) is 71.5 Å². The van der Waals surface area contributed by atoms with Crippen LogP contribution in [0.25, 0.3) is 5.69 Å². The Labute approximate surface area is 179 Å². The molecule has 0 spiro atoms. The second-order valence-electron chi connectivity index (χ2n) is 6.50. The molecule has 2 amide bonds. The minimum absolute atomic E-state index is 0.282. The number of carbonyl (C=O) groups excluding carboxylic acids is 2. The van der Waals surface area contributed by atoms with Gasteiger partial charge in [-0.1, -0.05) is 17.7 Å². The summed E-state index contributed by atoms with van der Waals surface area (Å²) in [6.45, 7) is 1.65. The number of ether oxygens (including phenoxy) is 2. The SMILES string of the molecule is COc1cc(-n2cccc2)c(Cl)cc1C(=O)Nc1cccc(NC(=O)C(C)OC)c1. The van der Waals surface area contributed by atoms with Crippen molar-refractivity contribution in [3.63, 3.8) is 0 Å². The molecule has 2 N–H and O–H groups in total. The fraction of sp³-hybridized carbons (Fsp3) is 0.182. The number of halogens is 1. The Morgan fingerprint density at radius 2 is 1.67 bits per heavy atom. The number of anilines is 2. The van der Waals surface area contributed by atoms with Crippen LogP contribution in [0.15, 0.2) is 60.9 Å². The van der Waals surface area contributed by atoms with Crippen molar-refractivity contribution < 1.29 is 19.1 Å². The third kappa shape index (κ3) is 4.82. The first-order valence-corrected chi connectivity index (χ1v) is 9.56. The van der Waals surface area contributed by atoms with Crippen molar-refractivity contribution >= 4 is 34.8 Å². The molecule has 0 aliphatic rings. The predicted octanol–water partition coefficient (Wildman–Crippen LogP) is 4.37. The summed E-state index contributed by atoms with van der Waals surface area (Å²) in [4.78, 5) is 24.9. The van der Waals surface area contributed by atoms with Gasteiger partial charge in [-0.15, -0.1) is 0 Å². The van der Waals surface area contributed by atoms with E-state index in [2.05, 4.69) is 10.6 Å². The van der Waals surface area contributed by atoms with Gasteiger partial charge in [0, 0.05) is 36.9 Å². The van der Waals surface area contributed by atoms with Crippen LogP contribution in [-0.2, 0) is 9.53 Å². The first kappa shape index (κ1) is 21.4. The zero-order chi connectivity index (χ0) is 21.7. The molecule has 3 aromatic rings. The molecule has 0 bridgehead atoms. The van der Waals surface area contributed by atoms with Crippen molar-refractivity contribution in [2.45, 2.75) is 13.0 Å². The highest BCUT2D eigenvalue weighted by Crippen LogP contribution is 2.30. The van der Waals surface area contributed by atoms with E-state index in [0.717, 1.165) is 0 Å². The minimum Gasteiger partial charge on any atom is -0.496 e. The molecule has 0 radical (unpaired) electrons. The first-order valence-electron chi connectivity index (χ1n) is 9.19. The number of hydrogen-bond acceptors (Lipinski definition) is 4. The monoisotopic (exact) mass is 427 g/mol. The summed E-state index contributed by atoms with van der Waals surface area (Å²) in [5.74, 6) is -0.282. The second-order valence-corrected chi connectivity index (χ2v) is 6.90. The van der Waals surface area contributed by atoms with E-state index < -0.39 is 6.10 Å². The zero-order valence-corrected chi connectivity index (χ0v) is 17.6. The summed E-state index contributed by atoms with van der Waals surface area (Å²) in [6.07, 6.45) is 3.11. The average molecular weight is 428 g/mol. The number of carbonyl (C=O) groups is 2. The Bertz CT molecular complexity index is 1050. The third-order valence-electron chi connectivity index (χ3n) is 4.51. The molecule has 1 heterocycles. The Morgan fingerprint density at radius 3 is 2.30 bits per heavy atom. The number of nitrogens with one attached hydrogen (secondary N) is 2. The summed E-state index contributed by atoms with van der Waals surface area (Å²) in [5.41, 5.74) is 2.04. The molecule has 0 saturated heterocycles. The average Bonchev–Trinajstić information content (AvgIpc) is 3.27. The summed E-state index contributed by atoms with van der Waals surface area (Å²) >= 11 is 6.41. The van der Waals surface area contributed by atoms with Crippen LogP contribution >= 0.6 is 11.6 Å². The van der Waals surface area contributed by atoms with Crippen LogP contribution < -0.4 is 15.4 Å². The number of methoxy groups -OCH3 is 2. The van der Waals surface area contributed by atoms with Gasteiger partial charge in [0.1, 0.15) is 11.9 Å². The molecule has 0 fully saturated rings. The molecule has 0 aliphatic heterocycles. The van der Waals surface area contributed by atoms with Crippen molar-refractivity contribution in [2.75, 3.05) is 24.9 Å². The number of hydrogen-bond donors (Lipinski definition) is 2. The summed E-state index contributed by atoms with van der Waals surface area (Å²) in [5, 5.41) is 5.95. The summed E-state index contributed by atoms with van der Waals surface area (Å²) < 4.78 is 12.2. The van der Waals surface area contributed by atoms with E-state index >= 15 is 0 Å². The Hall–Kier alpha value is -3.29. The van der Waals surface area contributed by atoms with E-state index in [1.807, 2.05) is 29.1 Å². The number of nitrogens with zero attached hydrogens (tertiary/aromatic N) is 1. The molecule has 2 aromatic carbocycles. The van der Waals surface area contributed by atoms with Crippen LogP contribution in [0.1, 0.15) is 17.3 Å². The van der Waals surface area contributed by atoms with Gasteiger partial charge in [-0.3, -0.25) is 9.59 Å². The molecule has 1 atom stereocenters. The van der Waals surface area contributed by atoms with Gasteiger partial charge in [-0.05, 0) is 43.3 Å². The number of aromatic nitrogens is 1. The van der Waals surface area contributed by atoms with Gasteiger partial charge in [0.25, 0.3) is 11.8 Å². The lowest BCUT2D eigenvalue weighted by Crippen LogP contribution is -2.26. The summed E-state index contributed by atoms with van der Waals surface area (Å²) in [7, 11) is 2.95. The zero-order valence-electron chi connectivity index (χ0n) is 16.8. The molecule has 7 nitrogen and oxygen atoms in total. The molecule has 0 saturated carbocycles. The van der Waals surface area contributed by atoms with Crippen molar-refractivity contribution in [1.82, 2.24) is 4.57 Å². The Kier molecular flexibility index (Phi) is 6.76. The maximum absolute atomic E-state index is 12.9. The molecular weight excluding hydrogens is 406 g/mol. The quantitative estimate of drug-likeness (QED) is 0.586. The number of rotatable bonds is 7. The third-order valence-corrected chi connectivity index (χ3v) is 4.81. The maximum Gasteiger partial charge on any atom is 0.259 e. The van der Waals surface area contributed by atoms with Crippen LogP contribution in [0.3, 0.4) is 0 Å². The van der Waals surface area contributed by atoms with Crippen molar-refractivity contribution in [1.29, 1.82) is 0 Å². The second kappa shape index (κ2) is 9.47. The Balaban J connectivity index is 1.82. The highest BCUT2D eigenvalue weighted by molar-refractivity contribution is 6.33. The van der Waals surface area contributed by atoms with Crippen LogP contribution in [0, 0.1) is 0 Å². The number of amides is 2. The smallest absolute Gasteiger partial charge is 0.259 e. The molecule has 1 unspecified atom stereocenters. The van der Waals surface area contributed by atoms with Gasteiger partial charge in [0.05, 0.1) is 23.4 Å². The van der Waals surface area contributed by atoms with Crippen LogP contribution in [0.4, 0.5) is 11.4 Å². The van der Waals surface area contributed by atoms with Crippen molar-refractivity contribution in [2.24, 2.45) is 0 Å². The molecular formula is C22H22ClN3O4. The van der Waals surface area contributed by atoms with Crippen LogP contribution in [-0.4, -0.2) is 36.7 Å². The molecule has 1 aromatic heterocycles. The van der Waals surface area contributed by atoms with E-state index in [1.54, 1.807) is 43.3 Å². The normalized spacial score (nSPS) is 11.6. The fourth-order valence-electron chi connectivity index (χ4n) is 2.81. The van der Waals surface area contributed by atoms with E-state index in [9.17, 15) is 9.59 Å². The lowest BCUT2D eigenvalue weighted by Gasteiger charge is -2.14. The first-order chi connectivity index (χ1) is 14.4. The standard InChI is InChI=1S/C22H22ClN3O4/c1-14(29-2)21(27)24-15-7-6-8-16(11-15)25-22(28)17-12-18(23)19(13-20(17)30-3)26-9-4-5-10-26/h4-14H,1-3H3,(H,24,27)(H,25,28). The van der Waals surface area contributed by atoms with Gasteiger partial charge < -0.3 is 24.7 Å². The highest BCUT2D eigenvalue weighted by Gasteiger charge is 2.17. The topological polar surface area (TPSA) is 81.6 Å². The highest BCUT2D eigenvalue weighted by atomic mass is 35.5. The van der Waals surface area contributed by atoms with Gasteiger partial charge in [0.15, 0.2) is 0 Å². The molecule has 30 heavy (non-hydrogen) atoms. The lowest BCUT2D eigenvalue weighted by molar-refractivity contribution is -0.124. The molecule has 3 rings (SSSR count). The molecule has 8 heteroatoms.